The van der Waals surface area contributed by atoms with E-state index in [-0.39, 0.29) is 5.92 Å². The summed E-state index contributed by atoms with van der Waals surface area (Å²) in [5.41, 5.74) is 1.60. The van der Waals surface area contributed by atoms with E-state index in [1.807, 2.05) is 37.3 Å². The molecule has 0 unspecified atom stereocenters. The minimum absolute atomic E-state index is 0.129. The van der Waals surface area contributed by atoms with Crippen molar-refractivity contribution >= 4 is 29.1 Å². The Hall–Kier alpha value is -2.33. The Morgan fingerprint density at radius 2 is 1.77 bits per heavy atom. The molecule has 5 heteroatoms. The lowest BCUT2D eigenvalue weighted by atomic mass is 10.0. The molecule has 2 aromatic rings. The zero-order valence-electron chi connectivity index (χ0n) is 12.2. The number of benzene rings is 2. The van der Waals surface area contributed by atoms with Gasteiger partial charge in [0.05, 0.1) is 0 Å². The second-order valence-electron chi connectivity index (χ2n) is 4.99. The molecule has 0 aliphatic carbocycles. The molecular weight excluding hydrogens is 300 g/mol. The number of halogens is 1. The van der Waals surface area contributed by atoms with Gasteiger partial charge in [-0.1, -0.05) is 54.9 Å². The summed E-state index contributed by atoms with van der Waals surface area (Å²) in [7, 11) is 0. The molecule has 0 aliphatic rings. The lowest BCUT2D eigenvalue weighted by molar-refractivity contribution is -0.136. The first-order valence-electron chi connectivity index (χ1n) is 6.96. The molecule has 1 atom stereocenters. The number of carbonyl (C=O) groups excluding carboxylic acids is 2. The highest BCUT2D eigenvalue weighted by Gasteiger charge is 2.15. The van der Waals surface area contributed by atoms with Gasteiger partial charge >= 0.3 is 11.8 Å². The third-order valence-corrected chi connectivity index (χ3v) is 3.46. The Bertz CT molecular complexity index is 659. The summed E-state index contributed by atoms with van der Waals surface area (Å²) >= 11 is 5.83. The van der Waals surface area contributed by atoms with Crippen LogP contribution in [0.2, 0.25) is 5.02 Å². The van der Waals surface area contributed by atoms with Crippen LogP contribution in [0.3, 0.4) is 0 Å². The van der Waals surface area contributed by atoms with E-state index < -0.39 is 11.8 Å². The van der Waals surface area contributed by atoms with Gasteiger partial charge in [-0.15, -0.1) is 0 Å². The molecule has 0 bridgehead atoms. The van der Waals surface area contributed by atoms with E-state index in [0.717, 1.165) is 5.56 Å². The van der Waals surface area contributed by atoms with Crippen LogP contribution >= 0.6 is 11.6 Å². The number of nitrogens with one attached hydrogen (secondary N) is 2. The van der Waals surface area contributed by atoms with Gasteiger partial charge in [0.15, 0.2) is 0 Å². The maximum absolute atomic E-state index is 11.8. The second kappa shape index (κ2) is 7.61. The molecule has 0 heterocycles. The van der Waals surface area contributed by atoms with Gasteiger partial charge in [0.2, 0.25) is 0 Å². The van der Waals surface area contributed by atoms with Crippen LogP contribution in [0.4, 0.5) is 5.69 Å². The van der Waals surface area contributed by atoms with Crippen molar-refractivity contribution in [2.45, 2.75) is 12.8 Å². The van der Waals surface area contributed by atoms with E-state index in [4.69, 9.17) is 11.6 Å². The lowest BCUT2D eigenvalue weighted by Gasteiger charge is -2.13. The van der Waals surface area contributed by atoms with Gasteiger partial charge in [-0.05, 0) is 29.7 Å². The smallest absolute Gasteiger partial charge is 0.313 e. The van der Waals surface area contributed by atoms with Crippen molar-refractivity contribution in [2.24, 2.45) is 0 Å². The summed E-state index contributed by atoms with van der Waals surface area (Å²) in [6.45, 7) is 2.39. The van der Waals surface area contributed by atoms with Crippen LogP contribution in [-0.2, 0) is 9.59 Å². The van der Waals surface area contributed by atoms with E-state index >= 15 is 0 Å². The van der Waals surface area contributed by atoms with E-state index in [2.05, 4.69) is 10.6 Å². The second-order valence-corrected chi connectivity index (χ2v) is 5.42. The van der Waals surface area contributed by atoms with Gasteiger partial charge in [0, 0.05) is 17.3 Å². The summed E-state index contributed by atoms with van der Waals surface area (Å²) in [5, 5.41) is 5.64. The van der Waals surface area contributed by atoms with Gasteiger partial charge in [-0.3, -0.25) is 9.59 Å². The first-order valence-corrected chi connectivity index (χ1v) is 7.34. The molecule has 0 saturated carbocycles. The van der Waals surface area contributed by atoms with Crippen molar-refractivity contribution < 1.29 is 9.59 Å². The van der Waals surface area contributed by atoms with E-state index in [9.17, 15) is 9.59 Å². The summed E-state index contributed by atoms with van der Waals surface area (Å²) in [6, 6.07) is 16.5. The van der Waals surface area contributed by atoms with Gasteiger partial charge in [0.1, 0.15) is 0 Å². The predicted octanol–water partition coefficient (Wildman–Crippen LogP) is 3.20. The third-order valence-electron chi connectivity index (χ3n) is 3.23. The largest absolute Gasteiger partial charge is 0.347 e. The van der Waals surface area contributed by atoms with Crippen LogP contribution in [0.25, 0.3) is 0 Å². The first-order chi connectivity index (χ1) is 10.6. The van der Waals surface area contributed by atoms with Gasteiger partial charge in [0.25, 0.3) is 0 Å². The van der Waals surface area contributed by atoms with E-state index in [1.165, 1.54) is 0 Å². The summed E-state index contributed by atoms with van der Waals surface area (Å²) in [5.74, 6) is -1.24. The molecule has 114 valence electrons. The highest BCUT2D eigenvalue weighted by molar-refractivity contribution is 6.39. The molecular formula is C17H17ClN2O2. The number of carbonyl (C=O) groups is 2. The molecule has 0 spiro atoms. The summed E-state index contributed by atoms with van der Waals surface area (Å²) < 4.78 is 0. The van der Waals surface area contributed by atoms with Crippen molar-refractivity contribution in [1.29, 1.82) is 0 Å². The van der Waals surface area contributed by atoms with E-state index in [1.54, 1.807) is 24.3 Å². The topological polar surface area (TPSA) is 58.2 Å². The summed E-state index contributed by atoms with van der Waals surface area (Å²) in [4.78, 5) is 23.6. The zero-order chi connectivity index (χ0) is 15.9. The Morgan fingerprint density at radius 1 is 1.05 bits per heavy atom. The molecule has 2 aromatic carbocycles. The first kappa shape index (κ1) is 16.0. The van der Waals surface area contributed by atoms with Gasteiger partial charge < -0.3 is 10.6 Å². The highest BCUT2D eigenvalue weighted by atomic mass is 35.5. The Morgan fingerprint density at radius 3 is 2.45 bits per heavy atom. The molecule has 2 N–H and O–H groups in total. The van der Waals surface area contributed by atoms with Crippen molar-refractivity contribution in [3.8, 4) is 0 Å². The molecule has 0 radical (unpaired) electrons. The summed E-state index contributed by atoms with van der Waals surface area (Å²) in [6.07, 6.45) is 0. The monoisotopic (exact) mass is 316 g/mol. The minimum Gasteiger partial charge on any atom is -0.347 e. The Labute approximate surface area is 134 Å². The quantitative estimate of drug-likeness (QED) is 0.851. The predicted molar refractivity (Wildman–Crippen MR) is 87.9 cm³/mol. The third kappa shape index (κ3) is 4.60. The molecule has 2 rings (SSSR count). The fourth-order valence-electron chi connectivity index (χ4n) is 1.98. The number of anilines is 1. The van der Waals surface area contributed by atoms with Crippen molar-refractivity contribution in [3.63, 3.8) is 0 Å². The fraction of sp³-hybridized carbons (Fsp3) is 0.176. The molecule has 22 heavy (non-hydrogen) atoms. The van der Waals surface area contributed by atoms with Crippen LogP contribution < -0.4 is 10.6 Å². The molecule has 0 aliphatic heterocycles. The van der Waals surface area contributed by atoms with Crippen LogP contribution in [0.15, 0.2) is 54.6 Å². The normalized spacial score (nSPS) is 11.5. The van der Waals surface area contributed by atoms with E-state index in [0.29, 0.717) is 17.3 Å². The number of rotatable bonds is 4. The SMILES string of the molecule is C[C@H](CNC(=O)C(=O)Nc1cccc(Cl)c1)c1ccccc1. The molecule has 0 fully saturated rings. The van der Waals surface area contributed by atoms with Crippen LogP contribution in [0.5, 0.6) is 0 Å². The highest BCUT2D eigenvalue weighted by Crippen LogP contribution is 2.15. The van der Waals surface area contributed by atoms with Gasteiger partial charge in [-0.2, -0.15) is 0 Å². The molecule has 4 nitrogen and oxygen atoms in total. The zero-order valence-corrected chi connectivity index (χ0v) is 12.9. The molecule has 0 saturated heterocycles. The number of hydrogen-bond acceptors (Lipinski definition) is 2. The average molecular weight is 317 g/mol. The fourth-order valence-corrected chi connectivity index (χ4v) is 2.17. The minimum atomic E-state index is -0.706. The van der Waals surface area contributed by atoms with Crippen LogP contribution in [-0.4, -0.2) is 18.4 Å². The Kier molecular flexibility index (Phi) is 5.55. The standard InChI is InChI=1S/C17H17ClN2O2/c1-12(13-6-3-2-4-7-13)11-19-16(21)17(22)20-15-9-5-8-14(18)10-15/h2-10,12H,11H2,1H3,(H,19,21)(H,20,22)/t12-/m1/s1. The average Bonchev–Trinajstić information content (AvgIpc) is 2.53. The van der Waals surface area contributed by atoms with Crippen molar-refractivity contribution in [2.75, 3.05) is 11.9 Å². The van der Waals surface area contributed by atoms with Gasteiger partial charge in [-0.25, -0.2) is 0 Å². The lowest BCUT2D eigenvalue weighted by Crippen LogP contribution is -2.37. The maximum atomic E-state index is 11.8. The number of hydrogen-bond donors (Lipinski definition) is 2. The van der Waals surface area contributed by atoms with Crippen LogP contribution in [0, 0.1) is 0 Å². The molecule has 0 aromatic heterocycles. The number of amides is 2. The maximum Gasteiger partial charge on any atom is 0.313 e. The molecule has 2 amide bonds. The Balaban J connectivity index is 1.85. The van der Waals surface area contributed by atoms with Crippen LogP contribution in [0.1, 0.15) is 18.4 Å². The van der Waals surface area contributed by atoms with Crippen molar-refractivity contribution in [3.05, 3.63) is 65.2 Å². The van der Waals surface area contributed by atoms with Crippen molar-refractivity contribution in [1.82, 2.24) is 5.32 Å².